The monoisotopic (exact) mass is 278 g/mol. The van der Waals surface area contributed by atoms with Crippen LogP contribution in [0.3, 0.4) is 0 Å². The Morgan fingerprint density at radius 2 is 2.15 bits per heavy atom. The molecule has 0 aliphatic carbocycles. The molecule has 20 heavy (non-hydrogen) atoms. The Balaban J connectivity index is 2.08. The number of nitrogens with zero attached hydrogens (tertiary/aromatic N) is 1. The van der Waals surface area contributed by atoms with Gasteiger partial charge in [0.15, 0.2) is 0 Å². The first-order chi connectivity index (χ1) is 9.63. The van der Waals surface area contributed by atoms with Crippen molar-refractivity contribution in [1.29, 1.82) is 0 Å². The van der Waals surface area contributed by atoms with E-state index in [9.17, 15) is 4.39 Å². The van der Waals surface area contributed by atoms with Crippen molar-refractivity contribution in [3.05, 3.63) is 29.6 Å². The first-order valence-corrected chi connectivity index (χ1v) is 7.89. The van der Waals surface area contributed by atoms with Crippen LogP contribution in [0.1, 0.15) is 45.6 Å². The van der Waals surface area contributed by atoms with Crippen LogP contribution in [-0.4, -0.2) is 19.1 Å². The van der Waals surface area contributed by atoms with Crippen LogP contribution in [0, 0.1) is 11.7 Å². The summed E-state index contributed by atoms with van der Waals surface area (Å²) in [5.41, 5.74) is 1.79. The fourth-order valence-corrected chi connectivity index (χ4v) is 2.98. The predicted molar refractivity (Wildman–Crippen MR) is 83.6 cm³/mol. The number of anilines is 1. The van der Waals surface area contributed by atoms with Crippen LogP contribution in [0.4, 0.5) is 10.1 Å². The molecule has 0 spiro atoms. The summed E-state index contributed by atoms with van der Waals surface area (Å²) < 4.78 is 14.4. The molecule has 0 amide bonds. The van der Waals surface area contributed by atoms with E-state index in [0.717, 1.165) is 43.7 Å². The largest absolute Gasteiger partial charge is 0.366 e. The van der Waals surface area contributed by atoms with Crippen LogP contribution < -0.4 is 10.2 Å². The number of hydrogen-bond donors (Lipinski definition) is 1. The summed E-state index contributed by atoms with van der Waals surface area (Å²) in [5, 5.41) is 3.31. The molecule has 3 heteroatoms. The van der Waals surface area contributed by atoms with Crippen molar-refractivity contribution < 1.29 is 4.39 Å². The van der Waals surface area contributed by atoms with Crippen molar-refractivity contribution in [2.24, 2.45) is 5.92 Å². The highest BCUT2D eigenvalue weighted by molar-refractivity contribution is 5.50. The second-order valence-corrected chi connectivity index (χ2v) is 6.02. The Hall–Kier alpha value is -1.09. The lowest BCUT2D eigenvalue weighted by molar-refractivity contribution is 0.360. The molecule has 0 bridgehead atoms. The van der Waals surface area contributed by atoms with Crippen LogP contribution in [0.25, 0.3) is 0 Å². The highest BCUT2D eigenvalue weighted by Gasteiger charge is 2.26. The lowest BCUT2D eigenvalue weighted by Crippen LogP contribution is -2.42. The molecule has 1 saturated heterocycles. The van der Waals surface area contributed by atoms with Gasteiger partial charge in [0.25, 0.3) is 0 Å². The molecule has 1 aromatic carbocycles. The number of nitrogens with one attached hydrogen (secondary N) is 1. The summed E-state index contributed by atoms with van der Waals surface area (Å²) >= 11 is 0. The van der Waals surface area contributed by atoms with Gasteiger partial charge in [-0.15, -0.1) is 0 Å². The summed E-state index contributed by atoms with van der Waals surface area (Å²) in [5.74, 6) is 0.552. The van der Waals surface area contributed by atoms with Gasteiger partial charge >= 0.3 is 0 Å². The van der Waals surface area contributed by atoms with E-state index in [4.69, 9.17) is 0 Å². The maximum atomic E-state index is 14.4. The van der Waals surface area contributed by atoms with Gasteiger partial charge in [-0.2, -0.15) is 0 Å². The molecule has 1 N–H and O–H groups in total. The zero-order chi connectivity index (χ0) is 14.5. The van der Waals surface area contributed by atoms with E-state index in [1.54, 1.807) is 6.07 Å². The smallest absolute Gasteiger partial charge is 0.146 e. The van der Waals surface area contributed by atoms with E-state index in [1.165, 1.54) is 6.42 Å². The molecule has 0 radical (unpaired) electrons. The molecule has 1 aromatic rings. The van der Waals surface area contributed by atoms with Crippen molar-refractivity contribution >= 4 is 5.69 Å². The molecule has 112 valence electrons. The molecule has 1 fully saturated rings. The van der Waals surface area contributed by atoms with Crippen molar-refractivity contribution in [2.75, 3.05) is 18.0 Å². The van der Waals surface area contributed by atoms with Crippen molar-refractivity contribution in [3.63, 3.8) is 0 Å². The summed E-state index contributed by atoms with van der Waals surface area (Å²) in [7, 11) is 0. The molecular weight excluding hydrogens is 251 g/mol. The summed E-state index contributed by atoms with van der Waals surface area (Å²) in [6.07, 6.45) is 3.51. The Morgan fingerprint density at radius 1 is 1.35 bits per heavy atom. The third-order valence-corrected chi connectivity index (χ3v) is 4.45. The number of rotatable bonds is 5. The first kappa shape index (κ1) is 15.3. The lowest BCUT2D eigenvalue weighted by Gasteiger charge is -2.39. The zero-order valence-corrected chi connectivity index (χ0v) is 13.0. The van der Waals surface area contributed by atoms with Gasteiger partial charge in [-0.25, -0.2) is 4.39 Å². The second kappa shape index (κ2) is 7.07. The maximum Gasteiger partial charge on any atom is 0.146 e. The van der Waals surface area contributed by atoms with Gasteiger partial charge in [-0.05, 0) is 56.3 Å². The van der Waals surface area contributed by atoms with E-state index < -0.39 is 0 Å². The molecule has 2 nitrogen and oxygen atoms in total. The molecule has 2 atom stereocenters. The Labute approximate surface area is 122 Å². The van der Waals surface area contributed by atoms with Crippen molar-refractivity contribution in [1.82, 2.24) is 5.32 Å². The quantitative estimate of drug-likeness (QED) is 0.820. The third kappa shape index (κ3) is 3.51. The number of piperidine rings is 1. The van der Waals surface area contributed by atoms with Crippen LogP contribution >= 0.6 is 0 Å². The maximum absolute atomic E-state index is 14.4. The van der Waals surface area contributed by atoms with E-state index in [2.05, 4.69) is 31.0 Å². The number of hydrogen-bond acceptors (Lipinski definition) is 2. The first-order valence-electron chi connectivity index (χ1n) is 7.89. The number of benzene rings is 1. The molecule has 0 saturated carbocycles. The van der Waals surface area contributed by atoms with Crippen molar-refractivity contribution in [2.45, 2.75) is 52.6 Å². The average molecular weight is 278 g/mol. The van der Waals surface area contributed by atoms with Gasteiger partial charge in [0, 0.05) is 19.1 Å². The molecule has 0 aromatic heterocycles. The topological polar surface area (TPSA) is 15.3 Å². The fraction of sp³-hybridized carbons (Fsp3) is 0.647. The second-order valence-electron chi connectivity index (χ2n) is 6.02. The van der Waals surface area contributed by atoms with Gasteiger partial charge in [0.05, 0.1) is 5.69 Å². The SMILES string of the molecule is CCCNCc1ccc(N2CCCC(C)C2C)c(F)c1. The summed E-state index contributed by atoms with van der Waals surface area (Å²) in [6, 6.07) is 6.10. The van der Waals surface area contributed by atoms with Crippen LogP contribution in [0.15, 0.2) is 18.2 Å². The molecule has 2 unspecified atom stereocenters. The third-order valence-electron chi connectivity index (χ3n) is 4.45. The summed E-state index contributed by atoms with van der Waals surface area (Å²) in [6.45, 7) is 9.30. The van der Waals surface area contributed by atoms with E-state index in [-0.39, 0.29) is 5.82 Å². The van der Waals surface area contributed by atoms with Gasteiger partial charge in [0.2, 0.25) is 0 Å². The lowest BCUT2D eigenvalue weighted by atomic mass is 9.91. The van der Waals surface area contributed by atoms with Crippen LogP contribution in [-0.2, 0) is 6.54 Å². The van der Waals surface area contributed by atoms with E-state index >= 15 is 0 Å². The standard InChI is InChI=1S/C17H27FN2/c1-4-9-19-12-15-7-8-17(16(18)11-15)20-10-5-6-13(2)14(20)3/h7-8,11,13-14,19H,4-6,9-10,12H2,1-3H3. The van der Waals surface area contributed by atoms with Gasteiger partial charge in [-0.3, -0.25) is 0 Å². The molecule has 1 aliphatic heterocycles. The molecule has 1 aliphatic rings. The average Bonchev–Trinajstić information content (AvgIpc) is 2.43. The molecule has 2 rings (SSSR count). The summed E-state index contributed by atoms with van der Waals surface area (Å²) in [4.78, 5) is 2.23. The van der Waals surface area contributed by atoms with Crippen LogP contribution in [0.5, 0.6) is 0 Å². The zero-order valence-electron chi connectivity index (χ0n) is 13.0. The van der Waals surface area contributed by atoms with Crippen molar-refractivity contribution in [3.8, 4) is 0 Å². The normalized spacial score (nSPS) is 23.1. The fourth-order valence-electron chi connectivity index (χ4n) is 2.98. The molecule has 1 heterocycles. The Kier molecular flexibility index (Phi) is 5.41. The minimum absolute atomic E-state index is 0.0817. The number of halogens is 1. The van der Waals surface area contributed by atoms with E-state index in [1.807, 2.05) is 12.1 Å². The predicted octanol–water partition coefficient (Wildman–Crippen LogP) is 3.95. The van der Waals surface area contributed by atoms with Gasteiger partial charge < -0.3 is 10.2 Å². The van der Waals surface area contributed by atoms with Gasteiger partial charge in [0.1, 0.15) is 5.82 Å². The van der Waals surface area contributed by atoms with Crippen LogP contribution in [0.2, 0.25) is 0 Å². The van der Waals surface area contributed by atoms with Gasteiger partial charge in [-0.1, -0.05) is 19.9 Å². The Bertz CT molecular complexity index is 433. The molecular formula is C17H27FN2. The van der Waals surface area contributed by atoms with E-state index in [0.29, 0.717) is 12.0 Å². The Morgan fingerprint density at radius 3 is 2.85 bits per heavy atom. The minimum atomic E-state index is -0.0817. The highest BCUT2D eigenvalue weighted by atomic mass is 19.1. The highest BCUT2D eigenvalue weighted by Crippen LogP contribution is 2.30. The minimum Gasteiger partial charge on any atom is -0.366 e.